The standard InChI is InChI=1S/C15H26N4O2S3.HI/c1-3-16-15(18-12-13-6-4-10-22-13)17-8-9-19(2)24(20,21)14-7-5-11-23-14;/h5,7,11,13H,3-4,6,8-10,12H2,1-2H3,(H2,16,17,18);1H. The third-order valence-corrected chi connectivity index (χ3v) is 8.31. The summed E-state index contributed by atoms with van der Waals surface area (Å²) in [6.07, 6.45) is 2.51. The normalized spacial score (nSPS) is 18.2. The molecule has 0 aliphatic carbocycles. The van der Waals surface area contributed by atoms with Crippen LogP contribution in [0.2, 0.25) is 0 Å². The molecule has 1 aliphatic heterocycles. The number of hydrogen-bond donors (Lipinski definition) is 2. The highest BCUT2D eigenvalue weighted by molar-refractivity contribution is 14.0. The zero-order valence-corrected chi connectivity index (χ0v) is 19.4. The lowest BCUT2D eigenvalue weighted by Crippen LogP contribution is -2.42. The van der Waals surface area contributed by atoms with Gasteiger partial charge in [-0.15, -0.1) is 35.3 Å². The highest BCUT2D eigenvalue weighted by Crippen LogP contribution is 2.26. The molecule has 10 heteroatoms. The summed E-state index contributed by atoms with van der Waals surface area (Å²) < 4.78 is 26.5. The Bertz CT molecular complexity index is 617. The van der Waals surface area contributed by atoms with Crippen molar-refractivity contribution in [2.24, 2.45) is 4.99 Å². The van der Waals surface area contributed by atoms with E-state index in [4.69, 9.17) is 0 Å². The van der Waals surface area contributed by atoms with E-state index in [1.165, 1.54) is 34.2 Å². The quantitative estimate of drug-likeness (QED) is 0.314. The Morgan fingerprint density at radius 1 is 1.44 bits per heavy atom. The van der Waals surface area contributed by atoms with Crippen LogP contribution in [0.25, 0.3) is 0 Å². The van der Waals surface area contributed by atoms with E-state index < -0.39 is 10.0 Å². The molecule has 0 saturated carbocycles. The first-order valence-corrected chi connectivity index (χ1v) is 11.5. The molecule has 2 rings (SSSR count). The maximum Gasteiger partial charge on any atom is 0.252 e. The molecule has 1 atom stereocenters. The van der Waals surface area contributed by atoms with Crippen LogP contribution >= 0.6 is 47.1 Å². The van der Waals surface area contributed by atoms with Crippen LogP contribution in [0.3, 0.4) is 0 Å². The molecule has 2 N–H and O–H groups in total. The molecule has 0 radical (unpaired) electrons. The second-order valence-electron chi connectivity index (χ2n) is 5.54. The molecule has 1 aromatic rings. The van der Waals surface area contributed by atoms with Crippen molar-refractivity contribution in [1.29, 1.82) is 0 Å². The fraction of sp³-hybridized carbons (Fsp3) is 0.667. The van der Waals surface area contributed by atoms with E-state index in [9.17, 15) is 8.42 Å². The molecule has 1 aliphatic rings. The van der Waals surface area contributed by atoms with E-state index in [-0.39, 0.29) is 24.0 Å². The van der Waals surface area contributed by atoms with Crippen molar-refractivity contribution < 1.29 is 8.42 Å². The molecule has 1 saturated heterocycles. The van der Waals surface area contributed by atoms with E-state index in [1.54, 1.807) is 24.6 Å². The minimum Gasteiger partial charge on any atom is -0.357 e. The highest BCUT2D eigenvalue weighted by Gasteiger charge is 2.21. The van der Waals surface area contributed by atoms with Gasteiger partial charge < -0.3 is 10.6 Å². The zero-order chi connectivity index (χ0) is 17.4. The first-order chi connectivity index (χ1) is 11.5. The van der Waals surface area contributed by atoms with Crippen molar-refractivity contribution >= 4 is 63.1 Å². The Hall–Kier alpha value is -0.0400. The van der Waals surface area contributed by atoms with Gasteiger partial charge in [-0.2, -0.15) is 16.1 Å². The fourth-order valence-corrected chi connectivity index (χ4v) is 5.89. The molecular formula is C15H27IN4O2S3. The predicted octanol–water partition coefficient (Wildman–Crippen LogP) is 2.44. The summed E-state index contributed by atoms with van der Waals surface area (Å²) >= 11 is 3.22. The van der Waals surface area contributed by atoms with Crippen molar-refractivity contribution in [1.82, 2.24) is 14.9 Å². The molecule has 25 heavy (non-hydrogen) atoms. The predicted molar refractivity (Wildman–Crippen MR) is 119 cm³/mol. The molecule has 2 heterocycles. The number of likely N-dealkylation sites (N-methyl/N-ethyl adjacent to an activating group) is 1. The van der Waals surface area contributed by atoms with E-state index >= 15 is 0 Å². The molecule has 0 bridgehead atoms. The van der Waals surface area contributed by atoms with Gasteiger partial charge in [0.2, 0.25) is 0 Å². The van der Waals surface area contributed by atoms with Crippen molar-refractivity contribution in [3.8, 4) is 0 Å². The van der Waals surface area contributed by atoms with Crippen LogP contribution in [-0.2, 0) is 10.0 Å². The molecule has 1 fully saturated rings. The van der Waals surface area contributed by atoms with Gasteiger partial charge >= 0.3 is 0 Å². The maximum absolute atomic E-state index is 12.4. The Kier molecular flexibility index (Phi) is 10.7. The van der Waals surface area contributed by atoms with Crippen LogP contribution in [0.15, 0.2) is 26.7 Å². The molecule has 0 amide bonds. The molecule has 0 aromatic carbocycles. The lowest BCUT2D eigenvalue weighted by atomic mass is 10.2. The summed E-state index contributed by atoms with van der Waals surface area (Å²) in [5.74, 6) is 1.99. The average molecular weight is 519 g/mol. The Morgan fingerprint density at radius 2 is 2.24 bits per heavy atom. The van der Waals surface area contributed by atoms with Gasteiger partial charge in [-0.3, -0.25) is 4.99 Å². The minimum atomic E-state index is -3.38. The number of thioether (sulfide) groups is 1. The van der Waals surface area contributed by atoms with Crippen molar-refractivity contribution in [3.63, 3.8) is 0 Å². The minimum absolute atomic E-state index is 0. The monoisotopic (exact) mass is 518 g/mol. The first kappa shape index (κ1) is 23.0. The third-order valence-electron chi connectivity index (χ3n) is 3.70. The lowest BCUT2D eigenvalue weighted by molar-refractivity contribution is 0.471. The topological polar surface area (TPSA) is 73.8 Å². The average Bonchev–Trinajstić information content (AvgIpc) is 3.25. The van der Waals surface area contributed by atoms with Crippen molar-refractivity contribution in [3.05, 3.63) is 17.5 Å². The van der Waals surface area contributed by atoms with E-state index in [2.05, 4.69) is 15.6 Å². The number of sulfonamides is 1. The molecular weight excluding hydrogens is 491 g/mol. The number of rotatable bonds is 8. The number of hydrogen-bond acceptors (Lipinski definition) is 5. The van der Waals surface area contributed by atoms with Crippen LogP contribution in [0, 0.1) is 0 Å². The van der Waals surface area contributed by atoms with Crippen molar-refractivity contribution in [2.75, 3.05) is 39.0 Å². The largest absolute Gasteiger partial charge is 0.357 e. The molecule has 0 spiro atoms. The Morgan fingerprint density at radius 3 is 2.84 bits per heavy atom. The summed E-state index contributed by atoms with van der Waals surface area (Å²) in [5, 5.41) is 8.82. The highest BCUT2D eigenvalue weighted by atomic mass is 127. The van der Waals surface area contributed by atoms with Crippen LogP contribution in [0.1, 0.15) is 19.8 Å². The van der Waals surface area contributed by atoms with E-state index in [1.807, 2.05) is 18.7 Å². The third kappa shape index (κ3) is 7.24. The molecule has 144 valence electrons. The smallest absolute Gasteiger partial charge is 0.252 e. The lowest BCUT2D eigenvalue weighted by Gasteiger charge is -2.18. The van der Waals surface area contributed by atoms with Crippen LogP contribution in [0.5, 0.6) is 0 Å². The number of halogens is 1. The maximum atomic E-state index is 12.4. The fourth-order valence-electron chi connectivity index (χ4n) is 2.34. The van der Waals surface area contributed by atoms with Crippen LogP contribution < -0.4 is 10.6 Å². The second kappa shape index (κ2) is 11.6. The Balaban J connectivity index is 0.00000312. The summed E-state index contributed by atoms with van der Waals surface area (Å²) in [5.41, 5.74) is 0. The molecule has 6 nitrogen and oxygen atoms in total. The van der Waals surface area contributed by atoms with Gasteiger partial charge in [-0.25, -0.2) is 8.42 Å². The number of aliphatic imine (C=N–C) groups is 1. The summed E-state index contributed by atoms with van der Waals surface area (Å²) in [7, 11) is -1.78. The van der Waals surface area contributed by atoms with Crippen LogP contribution in [0.4, 0.5) is 0 Å². The van der Waals surface area contributed by atoms with Crippen molar-refractivity contribution in [2.45, 2.75) is 29.2 Å². The Labute approximate surface area is 176 Å². The van der Waals surface area contributed by atoms with Crippen LogP contribution in [-0.4, -0.2) is 62.9 Å². The number of nitrogens with one attached hydrogen (secondary N) is 2. The summed E-state index contributed by atoms with van der Waals surface area (Å²) in [4.78, 5) is 4.61. The second-order valence-corrected chi connectivity index (χ2v) is 10.2. The van der Waals surface area contributed by atoms with Gasteiger partial charge in [0.15, 0.2) is 5.96 Å². The van der Waals surface area contributed by atoms with Gasteiger partial charge in [0.1, 0.15) is 4.21 Å². The number of nitrogens with zero attached hydrogens (tertiary/aromatic N) is 2. The summed E-state index contributed by atoms with van der Waals surface area (Å²) in [6, 6.07) is 3.38. The van der Waals surface area contributed by atoms with Gasteiger partial charge in [0.05, 0.1) is 6.54 Å². The van der Waals surface area contributed by atoms with Gasteiger partial charge in [-0.05, 0) is 37.0 Å². The SMILES string of the molecule is CCNC(=NCC1CCCS1)NCCN(C)S(=O)(=O)c1cccs1.I. The number of guanidine groups is 1. The number of thiophene rings is 1. The molecule has 1 aromatic heterocycles. The molecule has 1 unspecified atom stereocenters. The summed E-state index contributed by atoms with van der Waals surface area (Å²) in [6.45, 7) is 4.53. The van der Waals surface area contributed by atoms with Gasteiger partial charge in [0.25, 0.3) is 10.0 Å². The van der Waals surface area contributed by atoms with Gasteiger partial charge in [0, 0.05) is 31.9 Å². The zero-order valence-electron chi connectivity index (χ0n) is 14.6. The first-order valence-electron chi connectivity index (χ1n) is 8.17. The van der Waals surface area contributed by atoms with Gasteiger partial charge in [-0.1, -0.05) is 6.07 Å². The van der Waals surface area contributed by atoms with E-state index in [0.29, 0.717) is 22.5 Å². The van der Waals surface area contributed by atoms with E-state index in [0.717, 1.165) is 19.0 Å².